The van der Waals surface area contributed by atoms with Gasteiger partial charge in [-0.3, -0.25) is 4.79 Å². The molecule has 148 valence electrons. The van der Waals surface area contributed by atoms with E-state index in [1.54, 1.807) is 24.5 Å². The van der Waals surface area contributed by atoms with E-state index in [-0.39, 0.29) is 5.91 Å². The average Bonchev–Trinajstić information content (AvgIpc) is 2.79. The Bertz CT molecular complexity index is 954. The number of benzene rings is 1. The number of aryl methyl sites for hydroxylation is 1. The van der Waals surface area contributed by atoms with E-state index in [1.165, 1.54) is 11.9 Å². The third kappa shape index (κ3) is 4.66. The molecule has 0 bridgehead atoms. The molecule has 3 heterocycles. The van der Waals surface area contributed by atoms with Gasteiger partial charge in [-0.25, -0.2) is 19.9 Å². The zero-order valence-electron chi connectivity index (χ0n) is 16.3. The summed E-state index contributed by atoms with van der Waals surface area (Å²) in [4.78, 5) is 33.7. The van der Waals surface area contributed by atoms with Gasteiger partial charge in [0.1, 0.15) is 17.8 Å². The Kier molecular flexibility index (Phi) is 5.60. The molecule has 0 saturated carbocycles. The molecular weight excluding hydrogens is 366 g/mol. The van der Waals surface area contributed by atoms with Gasteiger partial charge in [-0.05, 0) is 18.6 Å². The monoisotopic (exact) mass is 389 g/mol. The summed E-state index contributed by atoms with van der Waals surface area (Å²) in [7, 11) is 0. The molecular formula is C21H23N7O. The lowest BCUT2D eigenvalue weighted by Gasteiger charge is -2.34. The number of carbonyl (C=O) groups is 1. The quantitative estimate of drug-likeness (QED) is 0.715. The Balaban J connectivity index is 1.35. The van der Waals surface area contributed by atoms with Gasteiger partial charge >= 0.3 is 0 Å². The number of carbonyl (C=O) groups excluding carboxylic acids is 1. The van der Waals surface area contributed by atoms with Gasteiger partial charge in [-0.15, -0.1) is 0 Å². The second-order valence-electron chi connectivity index (χ2n) is 6.96. The van der Waals surface area contributed by atoms with Crippen molar-refractivity contribution < 1.29 is 4.79 Å². The molecule has 0 aliphatic carbocycles. The van der Waals surface area contributed by atoms with Crippen LogP contribution in [0, 0.1) is 6.92 Å². The first kappa shape index (κ1) is 18.8. The summed E-state index contributed by atoms with van der Waals surface area (Å²) in [5.41, 5.74) is 2.78. The average molecular weight is 389 g/mol. The molecule has 2 aromatic heterocycles. The molecule has 0 unspecified atom stereocenters. The highest BCUT2D eigenvalue weighted by atomic mass is 16.2. The van der Waals surface area contributed by atoms with Crippen LogP contribution in [-0.4, -0.2) is 56.9 Å². The van der Waals surface area contributed by atoms with E-state index < -0.39 is 0 Å². The number of piperazine rings is 1. The van der Waals surface area contributed by atoms with Crippen LogP contribution in [-0.2, 0) is 6.54 Å². The lowest BCUT2D eigenvalue weighted by Crippen LogP contribution is -2.49. The minimum atomic E-state index is -0.0839. The lowest BCUT2D eigenvalue weighted by atomic mass is 10.1. The highest BCUT2D eigenvalue weighted by molar-refractivity contribution is 5.93. The van der Waals surface area contributed by atoms with Gasteiger partial charge in [0.15, 0.2) is 0 Å². The van der Waals surface area contributed by atoms with Crippen molar-refractivity contribution in [2.45, 2.75) is 13.5 Å². The minimum absolute atomic E-state index is 0.0839. The van der Waals surface area contributed by atoms with E-state index in [4.69, 9.17) is 0 Å². The second-order valence-corrected chi connectivity index (χ2v) is 6.96. The van der Waals surface area contributed by atoms with Gasteiger partial charge in [0.25, 0.3) is 5.91 Å². The van der Waals surface area contributed by atoms with Gasteiger partial charge in [0.05, 0.1) is 0 Å². The fourth-order valence-corrected chi connectivity index (χ4v) is 3.20. The van der Waals surface area contributed by atoms with E-state index in [0.29, 0.717) is 50.2 Å². The normalized spacial score (nSPS) is 14.0. The van der Waals surface area contributed by atoms with Crippen molar-refractivity contribution in [2.24, 2.45) is 0 Å². The molecule has 29 heavy (non-hydrogen) atoms. The van der Waals surface area contributed by atoms with Gasteiger partial charge in [0, 0.05) is 51.2 Å². The highest BCUT2D eigenvalue weighted by Crippen LogP contribution is 2.14. The molecule has 0 radical (unpaired) electrons. The van der Waals surface area contributed by atoms with Crippen LogP contribution < -0.4 is 10.2 Å². The molecule has 0 spiro atoms. The zero-order chi connectivity index (χ0) is 20.1. The van der Waals surface area contributed by atoms with Crippen LogP contribution in [0.5, 0.6) is 0 Å². The molecule has 3 aromatic rings. The SMILES string of the molecule is Cc1ccc(CNc2cc(C(=O)N3CCN(c4ncccn4)CC3)ncn2)cc1. The van der Waals surface area contributed by atoms with Crippen molar-refractivity contribution in [1.29, 1.82) is 0 Å². The maximum absolute atomic E-state index is 12.9. The Hall–Kier alpha value is -3.55. The topological polar surface area (TPSA) is 87.1 Å². The third-order valence-corrected chi connectivity index (χ3v) is 4.88. The maximum Gasteiger partial charge on any atom is 0.272 e. The van der Waals surface area contributed by atoms with Crippen LogP contribution in [0.1, 0.15) is 21.6 Å². The number of amides is 1. The molecule has 1 N–H and O–H groups in total. The molecule has 1 fully saturated rings. The molecule has 1 saturated heterocycles. The molecule has 8 nitrogen and oxygen atoms in total. The first-order chi connectivity index (χ1) is 14.2. The molecule has 1 amide bonds. The van der Waals surface area contributed by atoms with Gasteiger partial charge in [0.2, 0.25) is 5.95 Å². The predicted molar refractivity (Wildman–Crippen MR) is 111 cm³/mol. The number of nitrogens with one attached hydrogen (secondary N) is 1. The first-order valence-corrected chi connectivity index (χ1v) is 9.62. The summed E-state index contributed by atoms with van der Waals surface area (Å²) in [5, 5.41) is 3.26. The summed E-state index contributed by atoms with van der Waals surface area (Å²) in [6, 6.07) is 11.8. The van der Waals surface area contributed by atoms with Gasteiger partial charge in [-0.2, -0.15) is 0 Å². The fourth-order valence-electron chi connectivity index (χ4n) is 3.20. The summed E-state index contributed by atoms with van der Waals surface area (Å²) >= 11 is 0. The number of hydrogen-bond acceptors (Lipinski definition) is 7. The van der Waals surface area contributed by atoms with Crippen LogP contribution in [0.25, 0.3) is 0 Å². The smallest absolute Gasteiger partial charge is 0.272 e. The summed E-state index contributed by atoms with van der Waals surface area (Å²) in [5.74, 6) is 1.25. The predicted octanol–water partition coefficient (Wildman–Crippen LogP) is 2.15. The summed E-state index contributed by atoms with van der Waals surface area (Å²) in [6.07, 6.45) is 4.89. The van der Waals surface area contributed by atoms with Crippen molar-refractivity contribution >= 4 is 17.7 Å². The standard InChI is InChI=1S/C21H23N7O/c1-16-3-5-17(6-4-16)14-24-19-13-18(25-15-26-19)20(29)27-9-11-28(12-10-27)21-22-7-2-8-23-21/h2-8,13,15H,9-12,14H2,1H3,(H,24,25,26). The summed E-state index contributed by atoms with van der Waals surface area (Å²) < 4.78 is 0. The zero-order valence-corrected chi connectivity index (χ0v) is 16.3. The van der Waals surface area contributed by atoms with Crippen molar-refractivity contribution in [2.75, 3.05) is 36.4 Å². The number of rotatable bonds is 5. The Morgan fingerprint density at radius 1 is 1.00 bits per heavy atom. The minimum Gasteiger partial charge on any atom is -0.366 e. The molecule has 0 atom stereocenters. The van der Waals surface area contributed by atoms with Gasteiger partial charge < -0.3 is 15.1 Å². The Labute approximate surface area is 169 Å². The molecule has 1 aliphatic heterocycles. The molecule has 1 aromatic carbocycles. The van der Waals surface area contributed by atoms with Crippen molar-refractivity contribution in [3.8, 4) is 0 Å². The van der Waals surface area contributed by atoms with Crippen molar-refractivity contribution in [3.63, 3.8) is 0 Å². The Morgan fingerprint density at radius 3 is 2.45 bits per heavy atom. The number of nitrogens with zero attached hydrogens (tertiary/aromatic N) is 6. The van der Waals surface area contributed by atoms with E-state index in [1.807, 2.05) is 4.90 Å². The van der Waals surface area contributed by atoms with Crippen LogP contribution in [0.2, 0.25) is 0 Å². The lowest BCUT2D eigenvalue weighted by molar-refractivity contribution is 0.0740. The van der Waals surface area contributed by atoms with E-state index >= 15 is 0 Å². The van der Waals surface area contributed by atoms with Crippen LogP contribution in [0.3, 0.4) is 0 Å². The van der Waals surface area contributed by atoms with Crippen LogP contribution in [0.4, 0.5) is 11.8 Å². The first-order valence-electron chi connectivity index (χ1n) is 9.62. The third-order valence-electron chi connectivity index (χ3n) is 4.88. The molecule has 8 heteroatoms. The largest absolute Gasteiger partial charge is 0.366 e. The fraction of sp³-hybridized carbons (Fsp3) is 0.286. The molecule has 4 rings (SSSR count). The van der Waals surface area contributed by atoms with Crippen molar-refractivity contribution in [1.82, 2.24) is 24.8 Å². The maximum atomic E-state index is 12.9. The van der Waals surface area contributed by atoms with Crippen LogP contribution >= 0.6 is 0 Å². The Morgan fingerprint density at radius 2 is 1.72 bits per heavy atom. The highest BCUT2D eigenvalue weighted by Gasteiger charge is 2.24. The summed E-state index contributed by atoms with van der Waals surface area (Å²) in [6.45, 7) is 5.30. The van der Waals surface area contributed by atoms with Crippen molar-refractivity contribution in [3.05, 3.63) is 71.9 Å². The van der Waals surface area contributed by atoms with E-state index in [9.17, 15) is 4.79 Å². The molecule has 1 aliphatic rings. The van der Waals surface area contributed by atoms with E-state index in [2.05, 4.69) is 61.3 Å². The van der Waals surface area contributed by atoms with Crippen LogP contribution in [0.15, 0.2) is 55.1 Å². The number of anilines is 2. The number of aromatic nitrogens is 4. The van der Waals surface area contributed by atoms with Gasteiger partial charge in [-0.1, -0.05) is 29.8 Å². The van der Waals surface area contributed by atoms with E-state index in [0.717, 1.165) is 5.56 Å². The second kappa shape index (κ2) is 8.64. The number of hydrogen-bond donors (Lipinski definition) is 1.